The number of aromatic nitrogens is 6. The standard InChI is InChI=1S/C49H31N7S/c50-32-33-19-21-34(22-20-33)35-23-25-39(26-24-35)47-52-44(36-11-4-1-5-12-36)53-48(54-47)40-27-29-42(30-28-40)57-43-18-10-17-41(31-43)49-55-45(37-13-6-2-7-14-37)51-46(56-49)38-15-8-3-9-16-38/h1-31H. The highest BCUT2D eigenvalue weighted by molar-refractivity contribution is 7.99. The maximum Gasteiger partial charge on any atom is 0.164 e. The minimum atomic E-state index is 0.588. The molecular weight excluding hydrogens is 719 g/mol. The number of nitrogens with zero attached hydrogens (tertiary/aromatic N) is 7. The van der Waals surface area contributed by atoms with E-state index in [0.29, 0.717) is 40.5 Å². The summed E-state index contributed by atoms with van der Waals surface area (Å²) >= 11 is 1.66. The van der Waals surface area contributed by atoms with Gasteiger partial charge in [-0.05, 0) is 47.5 Å². The van der Waals surface area contributed by atoms with Gasteiger partial charge in [0.2, 0.25) is 0 Å². The summed E-state index contributed by atoms with van der Waals surface area (Å²) in [6.07, 6.45) is 0. The van der Waals surface area contributed by atoms with Gasteiger partial charge in [-0.15, -0.1) is 0 Å². The quantitative estimate of drug-likeness (QED) is 0.144. The van der Waals surface area contributed by atoms with Crippen LogP contribution in [0.5, 0.6) is 0 Å². The maximum absolute atomic E-state index is 9.18. The van der Waals surface area contributed by atoms with Gasteiger partial charge in [-0.3, -0.25) is 0 Å². The van der Waals surface area contributed by atoms with Gasteiger partial charge in [-0.1, -0.05) is 163 Å². The second-order valence-corrected chi connectivity index (χ2v) is 14.3. The van der Waals surface area contributed by atoms with Gasteiger partial charge in [0.05, 0.1) is 11.6 Å². The molecule has 0 aliphatic rings. The second kappa shape index (κ2) is 16.0. The fourth-order valence-electron chi connectivity index (χ4n) is 6.34. The smallest absolute Gasteiger partial charge is 0.164 e. The molecule has 0 amide bonds. The van der Waals surface area contributed by atoms with E-state index in [0.717, 1.165) is 54.3 Å². The van der Waals surface area contributed by atoms with E-state index >= 15 is 0 Å². The van der Waals surface area contributed by atoms with Crippen molar-refractivity contribution in [1.29, 1.82) is 5.26 Å². The van der Waals surface area contributed by atoms with E-state index in [1.54, 1.807) is 11.8 Å². The largest absolute Gasteiger partial charge is 0.208 e. The first-order valence-electron chi connectivity index (χ1n) is 18.3. The van der Waals surface area contributed by atoms with Crippen LogP contribution >= 0.6 is 11.8 Å². The molecule has 0 spiro atoms. The van der Waals surface area contributed by atoms with E-state index < -0.39 is 0 Å². The topological polar surface area (TPSA) is 101 Å². The maximum atomic E-state index is 9.18. The monoisotopic (exact) mass is 749 g/mol. The highest BCUT2D eigenvalue weighted by Crippen LogP contribution is 2.33. The predicted molar refractivity (Wildman–Crippen MR) is 227 cm³/mol. The summed E-state index contributed by atoms with van der Waals surface area (Å²) in [5.41, 5.74) is 8.16. The number of hydrogen-bond donors (Lipinski definition) is 0. The van der Waals surface area contributed by atoms with Crippen molar-refractivity contribution in [3.63, 3.8) is 0 Å². The molecule has 2 heterocycles. The van der Waals surface area contributed by atoms with Gasteiger partial charge in [-0.25, -0.2) is 29.9 Å². The van der Waals surface area contributed by atoms with Crippen LogP contribution in [0.2, 0.25) is 0 Å². The molecule has 8 heteroatoms. The first kappa shape index (κ1) is 35.1. The molecule has 0 atom stereocenters. The third-order valence-electron chi connectivity index (χ3n) is 9.30. The zero-order valence-electron chi connectivity index (χ0n) is 30.4. The van der Waals surface area contributed by atoms with Crippen molar-refractivity contribution in [2.24, 2.45) is 0 Å². The molecule has 0 fully saturated rings. The van der Waals surface area contributed by atoms with Crippen LogP contribution in [-0.4, -0.2) is 29.9 Å². The Bertz CT molecular complexity index is 2790. The second-order valence-electron chi connectivity index (χ2n) is 13.1. The fourth-order valence-corrected chi connectivity index (χ4v) is 7.22. The summed E-state index contributed by atoms with van der Waals surface area (Å²) < 4.78 is 0. The Balaban J connectivity index is 1.00. The molecule has 7 aromatic carbocycles. The molecule has 7 nitrogen and oxygen atoms in total. The molecular formula is C49H31N7S. The zero-order valence-corrected chi connectivity index (χ0v) is 31.3. The fraction of sp³-hybridized carbons (Fsp3) is 0. The van der Waals surface area contributed by atoms with Crippen LogP contribution < -0.4 is 0 Å². The van der Waals surface area contributed by atoms with Gasteiger partial charge in [0.1, 0.15) is 0 Å². The van der Waals surface area contributed by atoms with Crippen LogP contribution in [0.4, 0.5) is 0 Å². The van der Waals surface area contributed by atoms with Crippen LogP contribution in [0.25, 0.3) is 79.5 Å². The molecule has 0 aliphatic carbocycles. The van der Waals surface area contributed by atoms with E-state index in [2.05, 4.69) is 54.6 Å². The number of hydrogen-bond acceptors (Lipinski definition) is 8. The lowest BCUT2D eigenvalue weighted by molar-refractivity contribution is 1.07. The highest BCUT2D eigenvalue weighted by Gasteiger charge is 2.15. The van der Waals surface area contributed by atoms with E-state index in [4.69, 9.17) is 29.9 Å². The van der Waals surface area contributed by atoms with Crippen molar-refractivity contribution < 1.29 is 0 Å². The van der Waals surface area contributed by atoms with Gasteiger partial charge < -0.3 is 0 Å². The summed E-state index contributed by atoms with van der Waals surface area (Å²) in [5.74, 6) is 3.65. The third kappa shape index (κ3) is 7.96. The first-order valence-corrected chi connectivity index (χ1v) is 19.1. The van der Waals surface area contributed by atoms with Crippen molar-refractivity contribution in [1.82, 2.24) is 29.9 Å². The van der Waals surface area contributed by atoms with Crippen molar-refractivity contribution in [3.05, 3.63) is 194 Å². The average molecular weight is 750 g/mol. The number of benzene rings is 7. The van der Waals surface area contributed by atoms with Gasteiger partial charge in [0.15, 0.2) is 34.9 Å². The summed E-state index contributed by atoms with van der Waals surface area (Å²) in [6.45, 7) is 0. The predicted octanol–water partition coefficient (Wildman–Crippen LogP) is 11.7. The molecule has 0 radical (unpaired) electrons. The minimum absolute atomic E-state index is 0.588. The Kier molecular flexibility index (Phi) is 9.87. The molecule has 9 rings (SSSR count). The van der Waals surface area contributed by atoms with Crippen LogP contribution in [0.15, 0.2) is 198 Å². The summed E-state index contributed by atoms with van der Waals surface area (Å²) in [4.78, 5) is 31.6. The Morgan fingerprint density at radius 3 is 1.05 bits per heavy atom. The molecule has 268 valence electrons. The van der Waals surface area contributed by atoms with Crippen LogP contribution in [-0.2, 0) is 0 Å². The van der Waals surface area contributed by atoms with Gasteiger partial charge in [0, 0.05) is 43.2 Å². The molecule has 0 N–H and O–H groups in total. The molecule has 57 heavy (non-hydrogen) atoms. The highest BCUT2D eigenvalue weighted by atomic mass is 32.2. The van der Waals surface area contributed by atoms with Crippen molar-refractivity contribution in [3.8, 4) is 85.5 Å². The summed E-state index contributed by atoms with van der Waals surface area (Å²) in [5, 5.41) is 9.18. The SMILES string of the molecule is N#Cc1ccc(-c2ccc(-c3nc(-c4ccccc4)nc(-c4ccc(Sc5cccc(-c6nc(-c7ccccc7)nc(-c7ccccc7)n6)c5)cc4)n3)cc2)cc1. The van der Waals surface area contributed by atoms with Crippen molar-refractivity contribution in [2.45, 2.75) is 9.79 Å². The lowest BCUT2D eigenvalue weighted by Crippen LogP contribution is -2.00. The molecule has 0 aliphatic heterocycles. The molecule has 0 unspecified atom stereocenters. The Labute approximate surface area is 334 Å². The summed E-state index contributed by atoms with van der Waals surface area (Å²) in [7, 11) is 0. The average Bonchev–Trinajstić information content (AvgIpc) is 3.30. The first-order chi connectivity index (χ1) is 28.1. The van der Waals surface area contributed by atoms with Crippen LogP contribution in [0.1, 0.15) is 5.56 Å². The number of nitriles is 1. The lowest BCUT2D eigenvalue weighted by Gasteiger charge is -2.10. The Hall–Kier alpha value is -7.60. The summed E-state index contributed by atoms with van der Waals surface area (Å²) in [6, 6.07) is 64.4. The molecule has 2 aromatic heterocycles. The van der Waals surface area contributed by atoms with E-state index in [9.17, 15) is 5.26 Å². The van der Waals surface area contributed by atoms with E-state index in [-0.39, 0.29) is 0 Å². The minimum Gasteiger partial charge on any atom is -0.208 e. The van der Waals surface area contributed by atoms with Crippen molar-refractivity contribution in [2.75, 3.05) is 0 Å². The number of rotatable bonds is 9. The Morgan fingerprint density at radius 2 is 0.632 bits per heavy atom. The van der Waals surface area contributed by atoms with Gasteiger partial charge >= 0.3 is 0 Å². The molecule has 0 saturated heterocycles. The van der Waals surface area contributed by atoms with Crippen molar-refractivity contribution >= 4 is 11.8 Å². The van der Waals surface area contributed by atoms with Gasteiger partial charge in [-0.2, -0.15) is 5.26 Å². The lowest BCUT2D eigenvalue weighted by atomic mass is 10.0. The van der Waals surface area contributed by atoms with E-state index in [1.807, 2.05) is 140 Å². The van der Waals surface area contributed by atoms with Gasteiger partial charge in [0.25, 0.3) is 0 Å². The zero-order chi connectivity index (χ0) is 38.4. The molecule has 9 aromatic rings. The molecule has 0 saturated carbocycles. The molecule has 0 bridgehead atoms. The van der Waals surface area contributed by atoms with Crippen LogP contribution in [0.3, 0.4) is 0 Å². The normalized spacial score (nSPS) is 10.9. The van der Waals surface area contributed by atoms with Crippen LogP contribution in [0, 0.1) is 11.3 Å². The third-order valence-corrected chi connectivity index (χ3v) is 10.3. The van der Waals surface area contributed by atoms with E-state index in [1.165, 1.54) is 0 Å². The Morgan fingerprint density at radius 1 is 0.298 bits per heavy atom.